The first-order valence-corrected chi connectivity index (χ1v) is 14.5. The predicted molar refractivity (Wildman–Crippen MR) is 167 cm³/mol. The first-order valence-electron chi connectivity index (χ1n) is 13.4. The Bertz CT molecular complexity index is 1770. The fourth-order valence-corrected chi connectivity index (χ4v) is 5.15. The largest absolute Gasteiger partial charge is 0.490 e. The average Bonchev–Trinajstić information content (AvgIpc) is 3.00. The number of nitriles is 1. The Hall–Kier alpha value is -4.55. The van der Waals surface area contributed by atoms with Crippen molar-refractivity contribution in [3.8, 4) is 34.8 Å². The van der Waals surface area contributed by atoms with Gasteiger partial charge in [-0.2, -0.15) is 5.26 Å². The van der Waals surface area contributed by atoms with Crippen molar-refractivity contribution in [3.63, 3.8) is 0 Å². The minimum atomic E-state index is -0.620. The Morgan fingerprint density at radius 1 is 0.886 bits per heavy atom. The molecule has 0 aliphatic carbocycles. The molecular formula is C33H25Cl3N2O6. The maximum absolute atomic E-state index is 12.4. The fourth-order valence-electron chi connectivity index (χ4n) is 4.56. The molecule has 0 radical (unpaired) electrons. The van der Waals surface area contributed by atoms with Crippen molar-refractivity contribution >= 4 is 40.8 Å². The van der Waals surface area contributed by atoms with Crippen LogP contribution in [0.4, 0.5) is 0 Å². The molecule has 1 atom stereocenters. The third kappa shape index (κ3) is 7.14. The zero-order valence-electron chi connectivity index (χ0n) is 23.3. The van der Waals surface area contributed by atoms with E-state index in [0.29, 0.717) is 50.2 Å². The number of rotatable bonds is 10. The molecule has 4 aromatic carbocycles. The van der Waals surface area contributed by atoms with Gasteiger partial charge in [-0.1, -0.05) is 53.0 Å². The van der Waals surface area contributed by atoms with Crippen LogP contribution in [0.25, 0.3) is 0 Å². The van der Waals surface area contributed by atoms with Gasteiger partial charge in [-0.3, -0.25) is 0 Å². The van der Waals surface area contributed by atoms with E-state index >= 15 is 0 Å². The lowest BCUT2D eigenvalue weighted by Crippen LogP contribution is -2.22. The Kier molecular flexibility index (Phi) is 9.71. The van der Waals surface area contributed by atoms with E-state index in [2.05, 4.69) is 6.07 Å². The number of nitrogens with two attached hydrogens (primary N) is 1. The van der Waals surface area contributed by atoms with Gasteiger partial charge in [-0.15, -0.1) is 0 Å². The van der Waals surface area contributed by atoms with Crippen molar-refractivity contribution in [1.82, 2.24) is 0 Å². The molecule has 0 fully saturated rings. The van der Waals surface area contributed by atoms with Gasteiger partial charge in [0.1, 0.15) is 35.5 Å². The quantitative estimate of drug-likeness (QED) is 0.136. The highest BCUT2D eigenvalue weighted by molar-refractivity contribution is 6.35. The van der Waals surface area contributed by atoms with E-state index in [9.17, 15) is 10.1 Å². The summed E-state index contributed by atoms with van der Waals surface area (Å²) in [5.74, 6) is 0.742. The van der Waals surface area contributed by atoms with Crippen LogP contribution < -0.4 is 29.4 Å². The summed E-state index contributed by atoms with van der Waals surface area (Å²) in [4.78, 5) is 12.4. The van der Waals surface area contributed by atoms with Gasteiger partial charge in [0.05, 0.1) is 12.5 Å². The molecule has 0 spiro atoms. The first-order chi connectivity index (χ1) is 21.2. The van der Waals surface area contributed by atoms with Crippen LogP contribution >= 0.6 is 34.8 Å². The third-order valence-electron chi connectivity index (χ3n) is 6.59. The first kappa shape index (κ1) is 30.9. The van der Waals surface area contributed by atoms with Crippen molar-refractivity contribution in [1.29, 1.82) is 5.26 Å². The molecule has 4 aromatic rings. The van der Waals surface area contributed by atoms with Gasteiger partial charge in [-0.25, -0.2) is 4.79 Å². The van der Waals surface area contributed by atoms with Crippen LogP contribution in [0.15, 0.2) is 90.3 Å². The van der Waals surface area contributed by atoms with E-state index in [1.807, 2.05) is 13.0 Å². The van der Waals surface area contributed by atoms with E-state index in [-0.39, 0.29) is 30.4 Å². The molecule has 11 heteroatoms. The number of fused-ring (bicyclic) bond motifs is 1. The van der Waals surface area contributed by atoms with E-state index in [1.54, 1.807) is 72.8 Å². The number of benzene rings is 4. The Labute approximate surface area is 269 Å². The molecule has 2 N–H and O–H groups in total. The van der Waals surface area contributed by atoms with Crippen molar-refractivity contribution in [2.24, 2.45) is 5.73 Å². The number of ether oxygens (including phenoxy) is 5. The molecule has 0 saturated carbocycles. The second-order valence-corrected chi connectivity index (χ2v) is 10.8. The third-order valence-corrected chi connectivity index (χ3v) is 7.43. The molecule has 0 amide bonds. The zero-order valence-corrected chi connectivity index (χ0v) is 25.6. The number of nitrogens with zero attached hydrogens (tertiary/aromatic N) is 1. The highest BCUT2D eigenvalue weighted by Gasteiger charge is 2.32. The lowest BCUT2D eigenvalue weighted by Gasteiger charge is -2.27. The highest BCUT2D eigenvalue weighted by Crippen LogP contribution is 2.45. The number of carbonyl (C=O) groups is 1. The Balaban J connectivity index is 1.37. The summed E-state index contributed by atoms with van der Waals surface area (Å²) in [7, 11) is 0. The predicted octanol–water partition coefficient (Wildman–Crippen LogP) is 7.83. The van der Waals surface area contributed by atoms with E-state index in [4.69, 9.17) is 64.2 Å². The van der Waals surface area contributed by atoms with Crippen LogP contribution in [0.5, 0.6) is 28.7 Å². The summed E-state index contributed by atoms with van der Waals surface area (Å²) in [6, 6.07) is 24.2. The number of halogens is 3. The summed E-state index contributed by atoms with van der Waals surface area (Å²) < 4.78 is 28.6. The van der Waals surface area contributed by atoms with Gasteiger partial charge in [0.15, 0.2) is 18.1 Å². The molecule has 1 aliphatic heterocycles. The van der Waals surface area contributed by atoms with Crippen molar-refractivity contribution < 1.29 is 28.5 Å². The smallest absolute Gasteiger partial charge is 0.349 e. The average molecular weight is 652 g/mol. The summed E-state index contributed by atoms with van der Waals surface area (Å²) in [5, 5.41) is 11.6. The van der Waals surface area contributed by atoms with Crippen LogP contribution in [0.2, 0.25) is 15.1 Å². The monoisotopic (exact) mass is 650 g/mol. The van der Waals surface area contributed by atoms with Crippen LogP contribution in [-0.4, -0.2) is 19.2 Å². The minimum absolute atomic E-state index is 0.0600. The fraction of sp³-hybridized carbons (Fsp3) is 0.152. The number of esters is 1. The topological polar surface area (TPSA) is 113 Å². The van der Waals surface area contributed by atoms with Gasteiger partial charge in [0, 0.05) is 32.3 Å². The van der Waals surface area contributed by atoms with Crippen molar-refractivity contribution in [2.75, 3.05) is 13.2 Å². The van der Waals surface area contributed by atoms with E-state index < -0.39 is 11.9 Å². The summed E-state index contributed by atoms with van der Waals surface area (Å²) >= 11 is 18.2. The summed E-state index contributed by atoms with van der Waals surface area (Å²) in [5.41, 5.74) is 8.54. The molecular weight excluding hydrogens is 627 g/mol. The minimum Gasteiger partial charge on any atom is -0.490 e. The second kappa shape index (κ2) is 13.8. The molecule has 8 nitrogen and oxygen atoms in total. The van der Waals surface area contributed by atoms with Gasteiger partial charge in [-0.05, 0) is 67.1 Å². The number of hydrogen-bond donors (Lipinski definition) is 1. The number of allylic oxidation sites excluding steroid dienone is 1. The molecule has 1 aliphatic rings. The molecule has 0 bridgehead atoms. The summed E-state index contributed by atoms with van der Waals surface area (Å²) in [6.07, 6.45) is 0. The number of hydrogen-bond acceptors (Lipinski definition) is 8. The molecule has 224 valence electrons. The van der Waals surface area contributed by atoms with E-state index in [0.717, 1.165) is 11.1 Å². The van der Waals surface area contributed by atoms with Gasteiger partial charge in [0.25, 0.3) is 0 Å². The van der Waals surface area contributed by atoms with Crippen molar-refractivity contribution in [2.45, 2.75) is 19.4 Å². The molecule has 0 aromatic heterocycles. The molecule has 5 rings (SSSR count). The van der Waals surface area contributed by atoms with Gasteiger partial charge >= 0.3 is 5.97 Å². The normalized spacial score (nSPS) is 13.8. The van der Waals surface area contributed by atoms with Crippen LogP contribution in [0.3, 0.4) is 0 Å². The molecule has 1 heterocycles. The van der Waals surface area contributed by atoms with Crippen molar-refractivity contribution in [3.05, 3.63) is 122 Å². The second-order valence-electron chi connectivity index (χ2n) is 9.50. The van der Waals surface area contributed by atoms with Gasteiger partial charge in [0.2, 0.25) is 5.88 Å². The van der Waals surface area contributed by atoms with E-state index in [1.165, 1.54) is 0 Å². The SMILES string of the molecule is CCOc1cc(C2C(C#N)=C(N)Oc3cc(OC(=O)COc4ccc(Cl)cc4)ccc32)ccc1OCc1ccc(Cl)cc1Cl. The van der Waals surface area contributed by atoms with Crippen LogP contribution in [-0.2, 0) is 11.4 Å². The maximum Gasteiger partial charge on any atom is 0.349 e. The summed E-state index contributed by atoms with van der Waals surface area (Å²) in [6.45, 7) is 2.11. The Morgan fingerprint density at radius 2 is 1.64 bits per heavy atom. The Morgan fingerprint density at radius 3 is 2.36 bits per heavy atom. The zero-order chi connectivity index (χ0) is 31.2. The highest BCUT2D eigenvalue weighted by atomic mass is 35.5. The molecule has 44 heavy (non-hydrogen) atoms. The lowest BCUT2D eigenvalue weighted by atomic mass is 9.83. The molecule has 0 saturated heterocycles. The van der Waals surface area contributed by atoms with Crippen LogP contribution in [0, 0.1) is 11.3 Å². The maximum atomic E-state index is 12.4. The van der Waals surface area contributed by atoms with Gasteiger partial charge < -0.3 is 29.4 Å². The number of carbonyl (C=O) groups excluding carboxylic acids is 1. The molecule has 1 unspecified atom stereocenters. The standard InChI is InChI=1S/C33H25Cl3N2O6/c1-2-40-30-13-19(4-12-28(30)42-17-20-3-5-22(35)14-27(20)36)32-25-11-10-24(15-29(25)44-33(38)26(32)16-37)43-31(39)18-41-23-8-6-21(34)7-9-23/h3-15,32H,2,17-18,38H2,1H3. The lowest BCUT2D eigenvalue weighted by molar-refractivity contribution is -0.136. The van der Waals surface area contributed by atoms with Crippen LogP contribution in [0.1, 0.15) is 29.5 Å².